The number of ether oxygens (including phenoxy) is 2. The topological polar surface area (TPSA) is 102 Å². The molecule has 1 heterocycles. The van der Waals surface area contributed by atoms with Crippen LogP contribution in [0.2, 0.25) is 0 Å². The number of hydrogen-bond acceptors (Lipinski definition) is 6. The predicted octanol–water partition coefficient (Wildman–Crippen LogP) is 2.75. The SMILES string of the molecule is COc1ccc(NC(=O)C(C#N)C(=O)C2CC2c2ccco2)cc1OC. The lowest BCUT2D eigenvalue weighted by atomic mass is 9.99. The van der Waals surface area contributed by atoms with Gasteiger partial charge in [-0.3, -0.25) is 9.59 Å². The zero-order valence-electron chi connectivity index (χ0n) is 14.4. The van der Waals surface area contributed by atoms with Gasteiger partial charge < -0.3 is 19.2 Å². The quantitative estimate of drug-likeness (QED) is 0.767. The van der Waals surface area contributed by atoms with Crippen molar-refractivity contribution in [3.8, 4) is 17.6 Å². The molecule has 26 heavy (non-hydrogen) atoms. The molecule has 0 aliphatic heterocycles. The van der Waals surface area contributed by atoms with E-state index in [9.17, 15) is 14.9 Å². The van der Waals surface area contributed by atoms with E-state index in [0.717, 1.165) is 0 Å². The summed E-state index contributed by atoms with van der Waals surface area (Å²) in [4.78, 5) is 24.9. The molecule has 1 N–H and O–H groups in total. The molecule has 1 aliphatic rings. The maximum absolute atomic E-state index is 12.5. The summed E-state index contributed by atoms with van der Waals surface area (Å²) in [6, 6.07) is 10.2. The molecule has 134 valence electrons. The average molecular weight is 354 g/mol. The summed E-state index contributed by atoms with van der Waals surface area (Å²) in [7, 11) is 2.98. The minimum absolute atomic E-state index is 0.0535. The summed E-state index contributed by atoms with van der Waals surface area (Å²) < 4.78 is 15.6. The number of anilines is 1. The van der Waals surface area contributed by atoms with Crippen LogP contribution in [0.4, 0.5) is 5.69 Å². The van der Waals surface area contributed by atoms with Gasteiger partial charge in [-0.05, 0) is 30.7 Å². The first kappa shape index (κ1) is 17.5. The Kier molecular flexibility index (Phi) is 4.94. The Balaban J connectivity index is 1.68. The summed E-state index contributed by atoms with van der Waals surface area (Å²) in [6.45, 7) is 0. The van der Waals surface area contributed by atoms with Crippen molar-refractivity contribution in [2.24, 2.45) is 11.8 Å². The van der Waals surface area contributed by atoms with Crippen LogP contribution in [0.3, 0.4) is 0 Å². The summed E-state index contributed by atoms with van der Waals surface area (Å²) >= 11 is 0. The minimum atomic E-state index is -1.37. The van der Waals surface area contributed by atoms with Gasteiger partial charge in [0.05, 0.1) is 26.6 Å². The Morgan fingerprint density at radius 1 is 1.27 bits per heavy atom. The molecule has 1 amide bonds. The van der Waals surface area contributed by atoms with Crippen molar-refractivity contribution < 1.29 is 23.5 Å². The number of carbonyl (C=O) groups excluding carboxylic acids is 2. The summed E-state index contributed by atoms with van der Waals surface area (Å²) in [5.41, 5.74) is 0.416. The highest BCUT2D eigenvalue weighted by Crippen LogP contribution is 2.49. The Morgan fingerprint density at radius 2 is 2.04 bits per heavy atom. The molecule has 1 aliphatic carbocycles. The van der Waals surface area contributed by atoms with Crippen molar-refractivity contribution in [1.82, 2.24) is 0 Å². The standard InChI is InChI=1S/C19H18N2O5/c1-24-16-6-5-11(8-17(16)25-2)21-19(23)14(10-20)18(22)13-9-12(13)15-4-3-7-26-15/h3-8,12-14H,9H2,1-2H3,(H,21,23). The first-order chi connectivity index (χ1) is 12.6. The molecule has 1 fully saturated rings. The van der Waals surface area contributed by atoms with E-state index in [4.69, 9.17) is 13.9 Å². The van der Waals surface area contributed by atoms with Crippen molar-refractivity contribution in [3.05, 3.63) is 42.4 Å². The van der Waals surface area contributed by atoms with Crippen LogP contribution in [0, 0.1) is 23.2 Å². The van der Waals surface area contributed by atoms with E-state index in [1.807, 2.05) is 6.07 Å². The summed E-state index contributed by atoms with van der Waals surface area (Å²) in [5, 5.41) is 11.9. The molecule has 1 aromatic heterocycles. The largest absolute Gasteiger partial charge is 0.493 e. The Morgan fingerprint density at radius 3 is 2.65 bits per heavy atom. The Bertz CT molecular complexity index is 853. The van der Waals surface area contributed by atoms with E-state index in [-0.39, 0.29) is 17.6 Å². The van der Waals surface area contributed by atoms with Gasteiger partial charge >= 0.3 is 0 Å². The smallest absolute Gasteiger partial charge is 0.249 e. The van der Waals surface area contributed by atoms with Crippen molar-refractivity contribution in [3.63, 3.8) is 0 Å². The van der Waals surface area contributed by atoms with Gasteiger partial charge in [0.25, 0.3) is 0 Å². The number of Topliss-reactive ketones (excluding diaryl/α,β-unsaturated/α-hetero) is 1. The van der Waals surface area contributed by atoms with Crippen LogP contribution in [-0.4, -0.2) is 25.9 Å². The van der Waals surface area contributed by atoms with E-state index in [2.05, 4.69) is 5.32 Å². The molecule has 7 nitrogen and oxygen atoms in total. The number of amides is 1. The fraction of sp³-hybridized carbons (Fsp3) is 0.316. The molecule has 2 aromatic rings. The predicted molar refractivity (Wildman–Crippen MR) is 91.8 cm³/mol. The number of nitriles is 1. The fourth-order valence-electron chi connectivity index (χ4n) is 2.92. The molecular formula is C19H18N2O5. The molecule has 0 saturated heterocycles. The van der Waals surface area contributed by atoms with E-state index in [0.29, 0.717) is 29.4 Å². The Hall–Kier alpha value is -3.27. The molecular weight excluding hydrogens is 336 g/mol. The molecule has 3 rings (SSSR count). The van der Waals surface area contributed by atoms with E-state index < -0.39 is 11.8 Å². The number of nitrogens with one attached hydrogen (secondary N) is 1. The highest BCUT2D eigenvalue weighted by atomic mass is 16.5. The maximum atomic E-state index is 12.5. The van der Waals surface area contributed by atoms with Crippen LogP contribution in [0.25, 0.3) is 0 Å². The third-order valence-electron chi connectivity index (χ3n) is 4.39. The first-order valence-corrected chi connectivity index (χ1v) is 8.08. The minimum Gasteiger partial charge on any atom is -0.493 e. The van der Waals surface area contributed by atoms with Gasteiger partial charge in [-0.25, -0.2) is 0 Å². The summed E-state index contributed by atoms with van der Waals surface area (Å²) in [5.74, 6) is -1.16. The zero-order chi connectivity index (χ0) is 18.7. The highest BCUT2D eigenvalue weighted by molar-refractivity contribution is 6.11. The van der Waals surface area contributed by atoms with Crippen LogP contribution in [0.5, 0.6) is 11.5 Å². The van der Waals surface area contributed by atoms with Crippen LogP contribution in [0.15, 0.2) is 41.0 Å². The normalized spacial score (nSPS) is 19.1. The third-order valence-corrected chi connectivity index (χ3v) is 4.39. The lowest BCUT2D eigenvalue weighted by Crippen LogP contribution is -2.30. The lowest BCUT2D eigenvalue weighted by Gasteiger charge is -2.12. The van der Waals surface area contributed by atoms with E-state index in [1.54, 1.807) is 36.6 Å². The second-order valence-electron chi connectivity index (χ2n) is 5.99. The third kappa shape index (κ3) is 3.40. The van der Waals surface area contributed by atoms with Gasteiger partial charge in [-0.2, -0.15) is 5.26 Å². The maximum Gasteiger partial charge on any atom is 0.249 e. The molecule has 3 unspecified atom stereocenters. The number of methoxy groups -OCH3 is 2. The number of nitrogens with zero attached hydrogens (tertiary/aromatic N) is 1. The highest BCUT2D eigenvalue weighted by Gasteiger charge is 2.49. The number of carbonyl (C=O) groups is 2. The molecule has 0 spiro atoms. The van der Waals surface area contributed by atoms with E-state index in [1.165, 1.54) is 14.2 Å². The second-order valence-corrected chi connectivity index (χ2v) is 5.99. The van der Waals surface area contributed by atoms with Crippen molar-refractivity contribution in [2.45, 2.75) is 12.3 Å². The van der Waals surface area contributed by atoms with Crippen molar-refractivity contribution in [1.29, 1.82) is 5.26 Å². The summed E-state index contributed by atoms with van der Waals surface area (Å²) in [6.07, 6.45) is 2.13. The number of hydrogen-bond donors (Lipinski definition) is 1. The molecule has 3 atom stereocenters. The molecule has 7 heteroatoms. The van der Waals surface area contributed by atoms with Crippen LogP contribution >= 0.6 is 0 Å². The van der Waals surface area contributed by atoms with Gasteiger partial charge in [0.15, 0.2) is 23.2 Å². The first-order valence-electron chi connectivity index (χ1n) is 8.08. The molecule has 0 bridgehead atoms. The molecule has 1 aromatic carbocycles. The van der Waals surface area contributed by atoms with Gasteiger partial charge in [0.1, 0.15) is 5.76 Å². The van der Waals surface area contributed by atoms with Crippen LogP contribution in [-0.2, 0) is 9.59 Å². The monoisotopic (exact) mass is 354 g/mol. The van der Waals surface area contributed by atoms with Gasteiger partial charge in [-0.1, -0.05) is 0 Å². The van der Waals surface area contributed by atoms with Gasteiger partial charge in [0, 0.05) is 23.6 Å². The van der Waals surface area contributed by atoms with Crippen LogP contribution < -0.4 is 14.8 Å². The van der Waals surface area contributed by atoms with Crippen LogP contribution in [0.1, 0.15) is 18.1 Å². The lowest BCUT2D eigenvalue weighted by molar-refractivity contribution is -0.129. The van der Waals surface area contributed by atoms with Crippen molar-refractivity contribution in [2.75, 3.05) is 19.5 Å². The van der Waals surface area contributed by atoms with E-state index >= 15 is 0 Å². The fourth-order valence-corrected chi connectivity index (χ4v) is 2.92. The molecule has 0 radical (unpaired) electrons. The van der Waals surface area contributed by atoms with Gasteiger partial charge in [0.2, 0.25) is 5.91 Å². The van der Waals surface area contributed by atoms with Crippen molar-refractivity contribution >= 4 is 17.4 Å². The average Bonchev–Trinajstić information content (AvgIpc) is 3.27. The number of ketones is 1. The van der Waals surface area contributed by atoms with Gasteiger partial charge in [-0.15, -0.1) is 0 Å². The number of furan rings is 1. The zero-order valence-corrected chi connectivity index (χ0v) is 14.4. The number of benzene rings is 1. The molecule has 1 saturated carbocycles. The number of rotatable bonds is 7. The Labute approximate surface area is 150 Å². The second kappa shape index (κ2) is 7.31.